The molecule has 1 aliphatic heterocycles. The molecule has 2 N–H and O–H groups in total. The van der Waals surface area contributed by atoms with Crippen molar-refractivity contribution in [1.82, 2.24) is 10.6 Å². The van der Waals surface area contributed by atoms with E-state index in [1.54, 1.807) is 6.08 Å². The molecule has 0 bridgehead atoms. The van der Waals surface area contributed by atoms with Gasteiger partial charge in [-0.25, -0.2) is 4.39 Å². The van der Waals surface area contributed by atoms with Crippen LogP contribution in [-0.4, -0.2) is 38.4 Å². The van der Waals surface area contributed by atoms with Crippen LogP contribution in [0.1, 0.15) is 19.8 Å². The number of halogens is 1. The van der Waals surface area contributed by atoms with Crippen molar-refractivity contribution in [2.75, 3.05) is 26.4 Å². The topological polar surface area (TPSA) is 48.8 Å². The summed E-state index contributed by atoms with van der Waals surface area (Å²) in [6, 6.07) is 0. The molecule has 0 fully saturated rings. The normalized spacial score (nSPS) is 23.2. The largest absolute Gasteiger partial charge is 0.300 e. The molecule has 0 saturated heterocycles. The van der Waals surface area contributed by atoms with Gasteiger partial charge in [-0.05, 0) is 36.1 Å². The summed E-state index contributed by atoms with van der Waals surface area (Å²) < 4.78 is 13.2. The van der Waals surface area contributed by atoms with Gasteiger partial charge in [-0.1, -0.05) is 31.2 Å². The molecule has 26 heavy (non-hydrogen) atoms. The van der Waals surface area contributed by atoms with Crippen molar-refractivity contribution in [2.24, 2.45) is 21.8 Å². The molecule has 0 radical (unpaired) electrons. The number of nitrogens with zero attached hydrogens (tertiary/aromatic N) is 2. The molecule has 2 aliphatic rings. The van der Waals surface area contributed by atoms with Gasteiger partial charge in [-0.3, -0.25) is 15.3 Å². The van der Waals surface area contributed by atoms with Gasteiger partial charge in [0.05, 0.1) is 6.67 Å². The van der Waals surface area contributed by atoms with Gasteiger partial charge in [-0.15, -0.1) is 6.58 Å². The van der Waals surface area contributed by atoms with E-state index in [-0.39, 0.29) is 11.7 Å². The average molecular weight is 356 g/mol. The van der Waals surface area contributed by atoms with E-state index in [0.717, 1.165) is 25.2 Å². The van der Waals surface area contributed by atoms with E-state index in [1.165, 1.54) is 11.6 Å². The fourth-order valence-electron chi connectivity index (χ4n) is 2.78. The molecule has 0 aromatic rings. The Morgan fingerprint density at radius 3 is 3.08 bits per heavy atom. The highest BCUT2D eigenvalue weighted by Gasteiger charge is 2.06. The first kappa shape index (κ1) is 20.2. The van der Waals surface area contributed by atoms with Gasteiger partial charge in [0.15, 0.2) is 0 Å². The van der Waals surface area contributed by atoms with Crippen LogP contribution in [0.4, 0.5) is 4.39 Å². The van der Waals surface area contributed by atoms with Crippen molar-refractivity contribution in [1.29, 1.82) is 0 Å². The van der Waals surface area contributed by atoms with Gasteiger partial charge in [-0.2, -0.15) is 0 Å². The van der Waals surface area contributed by atoms with Crippen LogP contribution in [0.3, 0.4) is 0 Å². The number of hydrogen-bond donors (Lipinski definition) is 2. The SMILES string of the molecule is C=CCC(/C=C/C1C=C(F)C=CC1)=N\CNCNCC1=CC(C)CN=C1. The Hall–Kier alpha value is -2.11. The second-order valence-corrected chi connectivity index (χ2v) is 6.58. The number of rotatable bonds is 10. The molecule has 2 unspecified atom stereocenters. The number of dihydropyridines is 1. The molecule has 1 aliphatic carbocycles. The van der Waals surface area contributed by atoms with E-state index in [2.05, 4.69) is 40.2 Å². The lowest BCUT2D eigenvalue weighted by Crippen LogP contribution is -2.31. The van der Waals surface area contributed by atoms with Crippen molar-refractivity contribution in [3.63, 3.8) is 0 Å². The number of allylic oxidation sites excluding steroid dienone is 7. The van der Waals surface area contributed by atoms with Crippen molar-refractivity contribution < 1.29 is 4.39 Å². The van der Waals surface area contributed by atoms with Crippen molar-refractivity contribution >= 4 is 11.9 Å². The molecule has 0 saturated carbocycles. The summed E-state index contributed by atoms with van der Waals surface area (Å²) in [5, 5.41) is 6.58. The smallest absolute Gasteiger partial charge is 0.119 e. The monoisotopic (exact) mass is 356 g/mol. The predicted molar refractivity (Wildman–Crippen MR) is 109 cm³/mol. The van der Waals surface area contributed by atoms with E-state index < -0.39 is 0 Å². The van der Waals surface area contributed by atoms with E-state index in [1.807, 2.05) is 30.5 Å². The first-order valence-electron chi connectivity index (χ1n) is 9.15. The van der Waals surface area contributed by atoms with Gasteiger partial charge in [0.25, 0.3) is 0 Å². The molecule has 5 heteroatoms. The van der Waals surface area contributed by atoms with Crippen molar-refractivity contribution in [3.05, 3.63) is 60.5 Å². The molecule has 0 amide bonds. The molecule has 1 heterocycles. The first-order valence-corrected chi connectivity index (χ1v) is 9.15. The Morgan fingerprint density at radius 2 is 2.31 bits per heavy atom. The summed E-state index contributed by atoms with van der Waals surface area (Å²) in [5.41, 5.74) is 2.16. The van der Waals surface area contributed by atoms with Crippen LogP contribution in [0.25, 0.3) is 0 Å². The maximum absolute atomic E-state index is 13.2. The third-order valence-corrected chi connectivity index (χ3v) is 4.07. The highest BCUT2D eigenvalue weighted by molar-refractivity contribution is 5.95. The summed E-state index contributed by atoms with van der Waals surface area (Å²) in [6.45, 7) is 8.84. The summed E-state index contributed by atoms with van der Waals surface area (Å²) in [7, 11) is 0. The standard InChI is InChI=1S/C21H29FN4/c1-3-5-21(9-8-18-6-4-7-20(22)11-18)26-16-25-15-24-14-19-10-17(2)12-23-13-19/h3-4,7-11,13,17-18,24-25H,1,5-6,12,14-16H2,2H3/b9-8+,26-21+. The summed E-state index contributed by atoms with van der Waals surface area (Å²) in [6.07, 6.45) is 16.5. The molecule has 0 aromatic carbocycles. The second-order valence-electron chi connectivity index (χ2n) is 6.58. The van der Waals surface area contributed by atoms with E-state index in [0.29, 0.717) is 25.7 Å². The Morgan fingerprint density at radius 1 is 1.42 bits per heavy atom. The van der Waals surface area contributed by atoms with Crippen molar-refractivity contribution in [2.45, 2.75) is 19.8 Å². The zero-order chi connectivity index (χ0) is 18.6. The zero-order valence-corrected chi connectivity index (χ0v) is 15.5. The fourth-order valence-corrected chi connectivity index (χ4v) is 2.78. The van der Waals surface area contributed by atoms with Crippen LogP contribution < -0.4 is 10.6 Å². The molecule has 0 spiro atoms. The van der Waals surface area contributed by atoms with Crippen molar-refractivity contribution in [3.8, 4) is 0 Å². The minimum Gasteiger partial charge on any atom is -0.300 e. The molecule has 2 rings (SSSR count). The van der Waals surface area contributed by atoms with Crippen LogP contribution in [0, 0.1) is 11.8 Å². The molecule has 4 nitrogen and oxygen atoms in total. The van der Waals surface area contributed by atoms with E-state index in [9.17, 15) is 4.39 Å². The van der Waals surface area contributed by atoms with Gasteiger partial charge in [0.2, 0.25) is 0 Å². The Balaban J connectivity index is 1.70. The number of nitrogens with one attached hydrogen (secondary N) is 2. The lowest BCUT2D eigenvalue weighted by molar-refractivity contribution is 0.615. The third kappa shape index (κ3) is 7.85. The van der Waals surface area contributed by atoms with E-state index in [4.69, 9.17) is 0 Å². The average Bonchev–Trinajstić information content (AvgIpc) is 2.62. The summed E-state index contributed by atoms with van der Waals surface area (Å²) in [4.78, 5) is 8.88. The van der Waals surface area contributed by atoms with Crippen LogP contribution in [0.2, 0.25) is 0 Å². The first-order chi connectivity index (χ1) is 12.7. The molecule has 2 atom stereocenters. The Kier molecular flexibility index (Phi) is 8.93. The van der Waals surface area contributed by atoms with Crippen LogP contribution in [0.5, 0.6) is 0 Å². The van der Waals surface area contributed by atoms with Gasteiger partial charge in [0.1, 0.15) is 5.83 Å². The highest BCUT2D eigenvalue weighted by atomic mass is 19.1. The lowest BCUT2D eigenvalue weighted by Gasteiger charge is -2.12. The minimum absolute atomic E-state index is 0.0949. The number of hydrogen-bond acceptors (Lipinski definition) is 4. The third-order valence-electron chi connectivity index (χ3n) is 4.07. The highest BCUT2D eigenvalue weighted by Crippen LogP contribution is 2.18. The molecule has 0 aromatic heterocycles. The fraction of sp³-hybridized carbons (Fsp3) is 0.429. The molecule has 140 valence electrons. The van der Waals surface area contributed by atoms with Crippen LogP contribution in [-0.2, 0) is 0 Å². The summed E-state index contributed by atoms with van der Waals surface area (Å²) in [5.74, 6) is 0.441. The van der Waals surface area contributed by atoms with E-state index >= 15 is 0 Å². The summed E-state index contributed by atoms with van der Waals surface area (Å²) >= 11 is 0. The zero-order valence-electron chi connectivity index (χ0n) is 15.5. The van der Waals surface area contributed by atoms with Gasteiger partial charge in [0, 0.05) is 44.0 Å². The van der Waals surface area contributed by atoms with Gasteiger partial charge >= 0.3 is 0 Å². The van der Waals surface area contributed by atoms with Gasteiger partial charge < -0.3 is 5.32 Å². The quantitative estimate of drug-likeness (QED) is 0.271. The Labute approximate surface area is 156 Å². The molecular formula is C21H29FN4. The van der Waals surface area contributed by atoms with Crippen LogP contribution in [0.15, 0.2) is 70.5 Å². The minimum atomic E-state index is -0.173. The maximum atomic E-state index is 13.2. The second kappa shape index (κ2) is 11.5. The number of aliphatic imine (C=N–C) groups is 2. The van der Waals surface area contributed by atoms with Crippen LogP contribution >= 0.6 is 0 Å². The predicted octanol–water partition coefficient (Wildman–Crippen LogP) is 3.73. The maximum Gasteiger partial charge on any atom is 0.119 e. The molecular weight excluding hydrogens is 327 g/mol. The lowest BCUT2D eigenvalue weighted by atomic mass is 9.99. The Bertz CT molecular complexity index is 640.